The minimum absolute atomic E-state index is 0.351. The standard InChI is InChI=1S/C23H24N8O2S/c32-21-19(34-23(33)30-21)10-18-3-7-26-22(29-18)31-8-4-15(5-9-31)11-24-12-16-2-1-6-25-20(16)17-13-27-28-14-17/h1-3,6-7,10,13-15,24H,4-5,8-9,11-12H2,(H,27,28)(H,30,32,33)/b19-10+. The summed E-state index contributed by atoms with van der Waals surface area (Å²) in [5.74, 6) is 0.836. The van der Waals surface area contributed by atoms with Gasteiger partial charge in [-0.15, -0.1) is 0 Å². The van der Waals surface area contributed by atoms with E-state index in [0.29, 0.717) is 22.5 Å². The average Bonchev–Trinajstić information content (AvgIpc) is 3.50. The number of H-pyrrole nitrogens is 1. The van der Waals surface area contributed by atoms with Crippen LogP contribution in [0.25, 0.3) is 17.3 Å². The topological polar surface area (TPSA) is 129 Å². The summed E-state index contributed by atoms with van der Waals surface area (Å²) < 4.78 is 0. The van der Waals surface area contributed by atoms with Crippen LogP contribution >= 0.6 is 11.8 Å². The molecule has 2 aliphatic rings. The zero-order chi connectivity index (χ0) is 23.3. The number of nitrogens with one attached hydrogen (secondary N) is 3. The van der Waals surface area contributed by atoms with E-state index < -0.39 is 0 Å². The summed E-state index contributed by atoms with van der Waals surface area (Å²) in [7, 11) is 0. The fourth-order valence-corrected chi connectivity index (χ4v) is 4.79. The van der Waals surface area contributed by atoms with Gasteiger partial charge in [0.15, 0.2) is 0 Å². The van der Waals surface area contributed by atoms with E-state index in [4.69, 9.17) is 0 Å². The van der Waals surface area contributed by atoms with Crippen LogP contribution in [0.2, 0.25) is 0 Å². The molecule has 2 fully saturated rings. The molecule has 2 aliphatic heterocycles. The molecule has 3 aromatic rings. The van der Waals surface area contributed by atoms with Crippen molar-refractivity contribution >= 4 is 34.9 Å². The molecule has 0 saturated carbocycles. The Hall–Kier alpha value is -3.57. The lowest BCUT2D eigenvalue weighted by atomic mass is 9.97. The number of aromatic nitrogens is 5. The molecular weight excluding hydrogens is 452 g/mol. The number of piperidine rings is 1. The zero-order valence-corrected chi connectivity index (χ0v) is 19.2. The lowest BCUT2D eigenvalue weighted by molar-refractivity contribution is -0.115. The van der Waals surface area contributed by atoms with E-state index in [1.54, 1.807) is 30.7 Å². The summed E-state index contributed by atoms with van der Waals surface area (Å²) in [4.78, 5) is 39.2. The highest BCUT2D eigenvalue weighted by molar-refractivity contribution is 8.18. The fourth-order valence-electron chi connectivity index (χ4n) is 4.12. The first kappa shape index (κ1) is 22.2. The number of carbonyl (C=O) groups excluding carboxylic acids is 2. The first-order valence-electron chi connectivity index (χ1n) is 11.1. The van der Waals surface area contributed by atoms with Crippen molar-refractivity contribution in [1.29, 1.82) is 0 Å². The lowest BCUT2D eigenvalue weighted by Gasteiger charge is -2.32. The largest absolute Gasteiger partial charge is 0.341 e. The molecule has 0 bridgehead atoms. The lowest BCUT2D eigenvalue weighted by Crippen LogP contribution is -2.38. The predicted molar refractivity (Wildman–Crippen MR) is 130 cm³/mol. The summed E-state index contributed by atoms with van der Waals surface area (Å²) in [5, 5.41) is 12.4. The molecule has 0 unspecified atom stereocenters. The summed E-state index contributed by atoms with van der Waals surface area (Å²) in [6.45, 7) is 3.42. The quantitative estimate of drug-likeness (QED) is 0.441. The molecule has 11 heteroatoms. The van der Waals surface area contributed by atoms with Gasteiger partial charge < -0.3 is 10.2 Å². The number of amides is 2. The summed E-state index contributed by atoms with van der Waals surface area (Å²) in [6, 6.07) is 5.78. The molecule has 3 aromatic heterocycles. The molecule has 5 rings (SSSR count). The Bertz CT molecular complexity index is 1210. The van der Waals surface area contributed by atoms with Crippen molar-refractivity contribution in [1.82, 2.24) is 35.8 Å². The van der Waals surface area contributed by atoms with E-state index in [2.05, 4.69) is 46.7 Å². The van der Waals surface area contributed by atoms with Crippen molar-refractivity contribution in [2.45, 2.75) is 19.4 Å². The second-order valence-corrected chi connectivity index (χ2v) is 9.21. The monoisotopic (exact) mass is 476 g/mol. The molecule has 0 atom stereocenters. The first-order chi connectivity index (χ1) is 16.7. The molecule has 174 valence electrons. The predicted octanol–water partition coefficient (Wildman–Crippen LogP) is 2.59. The second-order valence-electron chi connectivity index (χ2n) is 8.19. The number of hydrogen-bond acceptors (Lipinski definition) is 9. The molecule has 34 heavy (non-hydrogen) atoms. The Morgan fingerprint density at radius 3 is 2.82 bits per heavy atom. The van der Waals surface area contributed by atoms with Crippen LogP contribution < -0.4 is 15.5 Å². The van der Waals surface area contributed by atoms with Crippen LogP contribution in [0.15, 0.2) is 47.9 Å². The third-order valence-electron chi connectivity index (χ3n) is 5.89. The molecule has 10 nitrogen and oxygen atoms in total. The number of aromatic amines is 1. The highest BCUT2D eigenvalue weighted by Gasteiger charge is 2.25. The van der Waals surface area contributed by atoms with Gasteiger partial charge in [-0.2, -0.15) is 5.10 Å². The Balaban J connectivity index is 1.13. The van der Waals surface area contributed by atoms with E-state index in [9.17, 15) is 9.59 Å². The number of carbonyl (C=O) groups is 2. The van der Waals surface area contributed by atoms with Crippen LogP contribution in [0, 0.1) is 5.92 Å². The maximum atomic E-state index is 11.8. The third kappa shape index (κ3) is 5.15. The van der Waals surface area contributed by atoms with Gasteiger partial charge in [-0.1, -0.05) is 6.07 Å². The van der Waals surface area contributed by atoms with Gasteiger partial charge in [-0.25, -0.2) is 9.97 Å². The van der Waals surface area contributed by atoms with Gasteiger partial charge in [-0.05, 0) is 60.8 Å². The van der Waals surface area contributed by atoms with Gasteiger partial charge in [0.05, 0.1) is 22.5 Å². The van der Waals surface area contributed by atoms with Crippen LogP contribution in [0.4, 0.5) is 10.7 Å². The van der Waals surface area contributed by atoms with E-state index >= 15 is 0 Å². The highest BCUT2D eigenvalue weighted by Crippen LogP contribution is 2.26. The van der Waals surface area contributed by atoms with Gasteiger partial charge in [0.2, 0.25) is 5.95 Å². The van der Waals surface area contributed by atoms with Crippen molar-refractivity contribution in [3.63, 3.8) is 0 Å². The fraction of sp³-hybridized carbons (Fsp3) is 0.304. The number of thioether (sulfide) groups is 1. The van der Waals surface area contributed by atoms with Crippen molar-refractivity contribution in [2.75, 3.05) is 24.5 Å². The van der Waals surface area contributed by atoms with Gasteiger partial charge in [0, 0.05) is 43.8 Å². The van der Waals surface area contributed by atoms with Crippen LogP contribution in [0.1, 0.15) is 24.1 Å². The Labute approximate surface area is 200 Å². The molecular formula is C23H24N8O2S. The summed E-state index contributed by atoms with van der Waals surface area (Å²) in [6.07, 6.45) is 10.8. The maximum absolute atomic E-state index is 11.8. The number of nitrogens with zero attached hydrogens (tertiary/aromatic N) is 5. The minimum Gasteiger partial charge on any atom is -0.341 e. The Morgan fingerprint density at radius 1 is 1.18 bits per heavy atom. The van der Waals surface area contributed by atoms with E-state index in [-0.39, 0.29) is 11.1 Å². The summed E-state index contributed by atoms with van der Waals surface area (Å²) in [5.41, 5.74) is 3.70. The number of pyridine rings is 1. The normalized spacial score (nSPS) is 18.0. The molecule has 2 saturated heterocycles. The van der Waals surface area contributed by atoms with Crippen LogP contribution in [-0.2, 0) is 11.3 Å². The molecule has 3 N–H and O–H groups in total. The van der Waals surface area contributed by atoms with Crippen molar-refractivity contribution in [3.8, 4) is 11.3 Å². The van der Waals surface area contributed by atoms with E-state index in [1.807, 2.05) is 12.3 Å². The number of anilines is 1. The van der Waals surface area contributed by atoms with Gasteiger partial charge >= 0.3 is 0 Å². The molecule has 0 aromatic carbocycles. The van der Waals surface area contributed by atoms with Crippen LogP contribution in [-0.4, -0.2) is 55.9 Å². The minimum atomic E-state index is -0.383. The number of hydrogen-bond donors (Lipinski definition) is 3. The second kappa shape index (κ2) is 10.1. The van der Waals surface area contributed by atoms with E-state index in [0.717, 1.165) is 67.6 Å². The smallest absolute Gasteiger partial charge is 0.290 e. The third-order valence-corrected chi connectivity index (χ3v) is 6.70. The van der Waals surface area contributed by atoms with Crippen LogP contribution in [0.5, 0.6) is 0 Å². The molecule has 0 radical (unpaired) electrons. The van der Waals surface area contributed by atoms with Gasteiger partial charge in [0.25, 0.3) is 11.1 Å². The number of rotatable bonds is 7. The maximum Gasteiger partial charge on any atom is 0.290 e. The molecule has 2 amide bonds. The Kier molecular flexibility index (Phi) is 6.63. The highest BCUT2D eigenvalue weighted by atomic mass is 32.2. The molecule has 5 heterocycles. The van der Waals surface area contributed by atoms with Gasteiger partial charge in [0.1, 0.15) is 0 Å². The van der Waals surface area contributed by atoms with Crippen LogP contribution in [0.3, 0.4) is 0 Å². The van der Waals surface area contributed by atoms with Gasteiger partial charge in [-0.3, -0.25) is 25.0 Å². The van der Waals surface area contributed by atoms with E-state index in [1.165, 1.54) is 0 Å². The van der Waals surface area contributed by atoms with Crippen molar-refractivity contribution < 1.29 is 9.59 Å². The van der Waals surface area contributed by atoms with Crippen molar-refractivity contribution in [3.05, 3.63) is 59.1 Å². The van der Waals surface area contributed by atoms with Crippen molar-refractivity contribution in [2.24, 2.45) is 5.92 Å². The average molecular weight is 477 g/mol. The first-order valence-corrected chi connectivity index (χ1v) is 11.9. The molecule has 0 aliphatic carbocycles. The number of imide groups is 1. The SMILES string of the molecule is O=C1NC(=O)/C(=C\c2ccnc(N3CCC(CNCc4cccnc4-c4cn[nH]c4)CC3)n2)S1. The Morgan fingerprint density at radius 2 is 2.06 bits per heavy atom. The zero-order valence-electron chi connectivity index (χ0n) is 18.4. The summed E-state index contributed by atoms with van der Waals surface area (Å²) >= 11 is 0.888. The molecule has 0 spiro atoms.